The van der Waals surface area contributed by atoms with Gasteiger partial charge in [-0.25, -0.2) is 0 Å². The molecule has 160 valence electrons. The molecule has 4 bridgehead atoms. The lowest BCUT2D eigenvalue weighted by Gasteiger charge is -2.57. The van der Waals surface area contributed by atoms with Crippen molar-refractivity contribution >= 4 is 6.08 Å². The second kappa shape index (κ2) is 7.09. The highest BCUT2D eigenvalue weighted by Gasteiger charge is 2.51. The Balaban J connectivity index is 1.17. The Morgan fingerprint density at radius 3 is 2.13 bits per heavy atom. The lowest BCUT2D eigenvalue weighted by atomic mass is 9.48. The minimum absolute atomic E-state index is 0.514. The van der Waals surface area contributed by atoms with Crippen LogP contribution in [-0.4, -0.2) is 0 Å². The molecule has 0 amide bonds. The minimum Gasteiger partial charge on any atom is -0.0649 e. The molecule has 6 aliphatic rings. The Bertz CT molecular complexity index is 979. The summed E-state index contributed by atoms with van der Waals surface area (Å²) in [5, 5.41) is 0. The summed E-state index contributed by atoms with van der Waals surface area (Å²) in [5.41, 5.74) is 9.79. The van der Waals surface area contributed by atoms with Crippen molar-refractivity contribution in [1.29, 1.82) is 0 Å². The van der Waals surface area contributed by atoms with Crippen LogP contribution in [0.5, 0.6) is 0 Å². The van der Waals surface area contributed by atoms with E-state index in [1.807, 2.05) is 0 Å². The average Bonchev–Trinajstić information content (AvgIpc) is 3.42. The second-order valence-corrected chi connectivity index (χ2v) is 12.0. The number of hydrogen-bond donors (Lipinski definition) is 0. The first-order chi connectivity index (χ1) is 15.2. The van der Waals surface area contributed by atoms with Gasteiger partial charge in [-0.15, -0.1) is 0 Å². The van der Waals surface area contributed by atoms with Gasteiger partial charge in [-0.3, -0.25) is 0 Å². The molecule has 0 saturated heterocycles. The molecule has 2 aromatic carbocycles. The Kier molecular flexibility index (Phi) is 4.28. The van der Waals surface area contributed by atoms with Crippen molar-refractivity contribution < 1.29 is 0 Å². The van der Waals surface area contributed by atoms with Crippen LogP contribution in [0.2, 0.25) is 0 Å². The SMILES string of the molecule is C1=C(CC2CCCC2)Cc2cccc(-c3ccc(C45CC6CC(CC(C6)C4)C5)cc3)c21. The highest BCUT2D eigenvalue weighted by molar-refractivity contribution is 5.81. The zero-order valence-electron chi connectivity index (χ0n) is 18.9. The molecule has 0 heterocycles. The maximum absolute atomic E-state index is 2.55. The molecule has 6 aliphatic carbocycles. The van der Waals surface area contributed by atoms with Crippen molar-refractivity contribution in [2.24, 2.45) is 23.7 Å². The van der Waals surface area contributed by atoms with Gasteiger partial charge in [0.2, 0.25) is 0 Å². The molecule has 0 aromatic heterocycles. The van der Waals surface area contributed by atoms with Crippen molar-refractivity contribution in [2.75, 3.05) is 0 Å². The molecule has 0 unspecified atom stereocenters. The quantitative estimate of drug-likeness (QED) is 0.477. The van der Waals surface area contributed by atoms with Gasteiger partial charge in [0.25, 0.3) is 0 Å². The Morgan fingerprint density at radius 2 is 1.45 bits per heavy atom. The van der Waals surface area contributed by atoms with Crippen LogP contribution in [0.4, 0.5) is 0 Å². The molecule has 0 heteroatoms. The molecular formula is C31H36. The summed E-state index contributed by atoms with van der Waals surface area (Å²) in [7, 11) is 0. The topological polar surface area (TPSA) is 0 Å². The molecule has 0 aliphatic heterocycles. The lowest BCUT2D eigenvalue weighted by molar-refractivity contribution is -0.00518. The first-order valence-corrected chi connectivity index (χ1v) is 13.2. The van der Waals surface area contributed by atoms with E-state index in [9.17, 15) is 0 Å². The fourth-order valence-electron chi connectivity index (χ4n) is 8.87. The van der Waals surface area contributed by atoms with Crippen LogP contribution in [0.25, 0.3) is 17.2 Å². The Morgan fingerprint density at radius 1 is 0.774 bits per heavy atom. The third-order valence-electron chi connectivity index (χ3n) is 9.83. The van der Waals surface area contributed by atoms with Crippen LogP contribution in [-0.2, 0) is 11.8 Å². The number of allylic oxidation sites excluding steroid dienone is 1. The number of fused-ring (bicyclic) bond motifs is 1. The highest BCUT2D eigenvalue weighted by atomic mass is 14.6. The summed E-state index contributed by atoms with van der Waals surface area (Å²) in [6.45, 7) is 0. The summed E-state index contributed by atoms with van der Waals surface area (Å²) >= 11 is 0. The zero-order valence-corrected chi connectivity index (χ0v) is 18.9. The smallest absolute Gasteiger partial charge is 0.00391 e. The van der Waals surface area contributed by atoms with Gasteiger partial charge in [-0.05, 0) is 108 Å². The van der Waals surface area contributed by atoms with Gasteiger partial charge in [-0.2, -0.15) is 0 Å². The molecule has 5 saturated carbocycles. The van der Waals surface area contributed by atoms with Gasteiger partial charge in [0, 0.05) is 0 Å². The standard InChI is InChI=1S/C31H36/c1-2-5-21(4-1)12-22-16-27-6-3-7-29(30(27)17-22)26-8-10-28(11-9-26)31-18-23-13-24(19-31)15-25(14-23)20-31/h3,6-11,17,21,23-25H,1-2,4-5,12-16,18-20H2. The maximum atomic E-state index is 2.55. The highest BCUT2D eigenvalue weighted by Crippen LogP contribution is 2.60. The first kappa shape index (κ1) is 18.7. The van der Waals surface area contributed by atoms with Crippen LogP contribution >= 0.6 is 0 Å². The summed E-state index contributed by atoms with van der Waals surface area (Å²) in [4.78, 5) is 0. The molecule has 0 spiro atoms. The van der Waals surface area contributed by atoms with Crippen LogP contribution < -0.4 is 0 Å². The number of rotatable bonds is 4. The van der Waals surface area contributed by atoms with E-state index in [0.29, 0.717) is 5.41 Å². The van der Waals surface area contributed by atoms with E-state index in [1.165, 1.54) is 93.7 Å². The normalized spacial score (nSPS) is 33.7. The van der Waals surface area contributed by atoms with Crippen LogP contribution in [0.15, 0.2) is 48.0 Å². The summed E-state index contributed by atoms with van der Waals surface area (Å²) in [5.74, 6) is 4.01. The van der Waals surface area contributed by atoms with Gasteiger partial charge < -0.3 is 0 Å². The van der Waals surface area contributed by atoms with Gasteiger partial charge >= 0.3 is 0 Å². The number of hydrogen-bond acceptors (Lipinski definition) is 0. The molecular weight excluding hydrogens is 372 g/mol. The monoisotopic (exact) mass is 408 g/mol. The van der Waals surface area contributed by atoms with Crippen molar-refractivity contribution in [3.63, 3.8) is 0 Å². The molecule has 8 rings (SSSR count). The molecule has 5 fully saturated rings. The lowest BCUT2D eigenvalue weighted by Crippen LogP contribution is -2.48. The van der Waals surface area contributed by atoms with E-state index in [0.717, 1.165) is 23.7 Å². The van der Waals surface area contributed by atoms with E-state index in [4.69, 9.17) is 0 Å². The average molecular weight is 409 g/mol. The fraction of sp³-hybridized carbons (Fsp3) is 0.548. The van der Waals surface area contributed by atoms with Crippen LogP contribution in [0.1, 0.15) is 87.3 Å². The van der Waals surface area contributed by atoms with Gasteiger partial charge in [0.1, 0.15) is 0 Å². The molecule has 0 N–H and O–H groups in total. The van der Waals surface area contributed by atoms with E-state index in [-0.39, 0.29) is 0 Å². The van der Waals surface area contributed by atoms with E-state index in [2.05, 4.69) is 48.5 Å². The van der Waals surface area contributed by atoms with Gasteiger partial charge in [0.05, 0.1) is 0 Å². The Labute approximate surface area is 188 Å². The molecule has 31 heavy (non-hydrogen) atoms. The Hall–Kier alpha value is -1.82. The number of benzene rings is 2. The molecule has 2 aromatic rings. The van der Waals surface area contributed by atoms with Gasteiger partial charge in [-0.1, -0.05) is 79.8 Å². The van der Waals surface area contributed by atoms with E-state index in [1.54, 1.807) is 16.7 Å². The minimum atomic E-state index is 0.514. The third-order valence-corrected chi connectivity index (χ3v) is 9.83. The molecule has 0 nitrogen and oxygen atoms in total. The van der Waals surface area contributed by atoms with Crippen molar-refractivity contribution in [3.05, 3.63) is 64.7 Å². The summed E-state index contributed by atoms with van der Waals surface area (Å²) in [6, 6.07) is 16.9. The first-order valence-electron chi connectivity index (χ1n) is 13.2. The van der Waals surface area contributed by atoms with E-state index >= 15 is 0 Å². The zero-order chi connectivity index (χ0) is 20.4. The summed E-state index contributed by atoms with van der Waals surface area (Å²) < 4.78 is 0. The predicted octanol–water partition coefficient (Wildman–Crippen LogP) is 8.34. The molecule has 0 radical (unpaired) electrons. The summed E-state index contributed by atoms with van der Waals surface area (Å²) in [6.07, 6.45) is 19.9. The van der Waals surface area contributed by atoms with Gasteiger partial charge in [0.15, 0.2) is 0 Å². The largest absolute Gasteiger partial charge is 0.0649 e. The van der Waals surface area contributed by atoms with Crippen molar-refractivity contribution in [3.8, 4) is 11.1 Å². The van der Waals surface area contributed by atoms with E-state index < -0.39 is 0 Å². The fourth-order valence-corrected chi connectivity index (χ4v) is 8.87. The molecule has 0 atom stereocenters. The van der Waals surface area contributed by atoms with Crippen LogP contribution in [0.3, 0.4) is 0 Å². The van der Waals surface area contributed by atoms with Crippen LogP contribution in [0, 0.1) is 23.7 Å². The van der Waals surface area contributed by atoms with Crippen molar-refractivity contribution in [2.45, 2.75) is 82.5 Å². The predicted molar refractivity (Wildman–Crippen MR) is 130 cm³/mol. The van der Waals surface area contributed by atoms with Crippen molar-refractivity contribution in [1.82, 2.24) is 0 Å². The maximum Gasteiger partial charge on any atom is -0.00391 e. The second-order valence-electron chi connectivity index (χ2n) is 12.0. The third kappa shape index (κ3) is 3.16.